The summed E-state index contributed by atoms with van der Waals surface area (Å²) in [5.74, 6) is -4.58. The van der Waals surface area contributed by atoms with Gasteiger partial charge in [0.05, 0.1) is 5.56 Å². The number of carbonyl (C=O) groups excluding carboxylic acids is 4. The van der Waals surface area contributed by atoms with Gasteiger partial charge in [-0.3, -0.25) is 14.4 Å². The van der Waals surface area contributed by atoms with Gasteiger partial charge in [0.2, 0.25) is 5.78 Å². The molecule has 2 unspecified atom stereocenters. The first-order valence-corrected chi connectivity index (χ1v) is 11.8. The molecule has 1 aliphatic heterocycles. The summed E-state index contributed by atoms with van der Waals surface area (Å²) in [5.41, 5.74) is 3.66. The van der Waals surface area contributed by atoms with Gasteiger partial charge in [0.1, 0.15) is 12.0 Å². The minimum absolute atomic E-state index is 0.101. The number of hydrogen-bond acceptors (Lipinski definition) is 5. The fourth-order valence-electron chi connectivity index (χ4n) is 4.34. The fraction of sp³-hybridized carbons (Fsp3) is 0.200. The maximum absolute atomic E-state index is 13.5. The molecule has 1 aliphatic rings. The molecule has 0 radical (unpaired) electrons. The van der Waals surface area contributed by atoms with Crippen molar-refractivity contribution in [3.05, 3.63) is 107 Å². The summed E-state index contributed by atoms with van der Waals surface area (Å²) in [6.45, 7) is 5.82. The largest absolute Gasteiger partial charge is 0.453 e. The van der Waals surface area contributed by atoms with E-state index in [1.54, 1.807) is 30.3 Å². The molecule has 3 aromatic carbocycles. The number of rotatable bonds is 8. The van der Waals surface area contributed by atoms with Crippen LogP contribution in [-0.4, -0.2) is 23.4 Å². The predicted octanol–water partition coefficient (Wildman–Crippen LogP) is 5.44. The van der Waals surface area contributed by atoms with Crippen LogP contribution in [0.2, 0.25) is 0 Å². The van der Waals surface area contributed by atoms with Crippen LogP contribution in [0.25, 0.3) is 6.08 Å². The van der Waals surface area contributed by atoms with E-state index in [-0.39, 0.29) is 11.5 Å². The number of ketones is 2. The SMILES string of the molecule is Cc1cccc(C(C)C)c1NC(=O)C(=O)C(C(=O)C=Cc1ccccc1)C1OC(=O)c2ccccc21. The van der Waals surface area contributed by atoms with Gasteiger partial charge in [-0.15, -0.1) is 0 Å². The first-order chi connectivity index (χ1) is 17.3. The van der Waals surface area contributed by atoms with Crippen LogP contribution in [0, 0.1) is 12.8 Å². The lowest BCUT2D eigenvalue weighted by molar-refractivity contribution is -0.143. The third-order valence-electron chi connectivity index (χ3n) is 6.24. The topological polar surface area (TPSA) is 89.5 Å². The van der Waals surface area contributed by atoms with Crippen LogP contribution in [0.1, 0.15) is 58.5 Å². The number of cyclic esters (lactones) is 1. The summed E-state index contributed by atoms with van der Waals surface area (Å²) in [4.78, 5) is 52.6. The van der Waals surface area contributed by atoms with Crippen molar-refractivity contribution in [2.45, 2.75) is 32.8 Å². The zero-order valence-electron chi connectivity index (χ0n) is 20.4. The number of hydrogen-bond donors (Lipinski definition) is 1. The van der Waals surface area contributed by atoms with E-state index in [1.807, 2.05) is 69.3 Å². The number of aryl methyl sites for hydroxylation is 1. The third-order valence-corrected chi connectivity index (χ3v) is 6.24. The van der Waals surface area contributed by atoms with Crippen LogP contribution in [0.5, 0.6) is 0 Å². The van der Waals surface area contributed by atoms with E-state index < -0.39 is 35.5 Å². The Morgan fingerprint density at radius 2 is 1.61 bits per heavy atom. The number of fused-ring (bicyclic) bond motifs is 1. The Morgan fingerprint density at radius 1 is 0.917 bits per heavy atom. The van der Waals surface area contributed by atoms with Crippen molar-refractivity contribution < 1.29 is 23.9 Å². The predicted molar refractivity (Wildman–Crippen MR) is 137 cm³/mol. The van der Waals surface area contributed by atoms with Gasteiger partial charge in [0, 0.05) is 11.3 Å². The molecule has 182 valence electrons. The number of anilines is 1. The number of Topliss-reactive ketones (excluding diaryl/α,β-unsaturated/α-hetero) is 1. The van der Waals surface area contributed by atoms with Crippen LogP contribution < -0.4 is 5.32 Å². The Balaban J connectivity index is 1.69. The van der Waals surface area contributed by atoms with E-state index in [2.05, 4.69) is 5.32 Å². The minimum atomic E-state index is -1.52. The van der Waals surface area contributed by atoms with Crippen molar-refractivity contribution in [2.24, 2.45) is 5.92 Å². The Morgan fingerprint density at radius 3 is 2.33 bits per heavy atom. The number of carbonyl (C=O) groups is 4. The quantitative estimate of drug-likeness (QED) is 0.200. The van der Waals surface area contributed by atoms with Crippen molar-refractivity contribution >= 4 is 35.2 Å². The Bertz CT molecular complexity index is 1360. The lowest BCUT2D eigenvalue weighted by Crippen LogP contribution is -2.37. The first-order valence-electron chi connectivity index (χ1n) is 11.8. The molecule has 0 saturated heterocycles. The monoisotopic (exact) mass is 481 g/mol. The lowest BCUT2D eigenvalue weighted by atomic mass is 9.86. The van der Waals surface area contributed by atoms with Gasteiger partial charge in [-0.2, -0.15) is 0 Å². The second-order valence-electron chi connectivity index (χ2n) is 9.05. The zero-order valence-corrected chi connectivity index (χ0v) is 20.4. The Kier molecular flexibility index (Phi) is 7.25. The van der Waals surface area contributed by atoms with Gasteiger partial charge in [-0.1, -0.05) is 86.7 Å². The molecular formula is C30H27NO5. The highest BCUT2D eigenvalue weighted by molar-refractivity contribution is 6.45. The average molecular weight is 482 g/mol. The highest BCUT2D eigenvalue weighted by Crippen LogP contribution is 2.37. The number of amides is 1. The second-order valence-corrected chi connectivity index (χ2v) is 9.05. The standard InChI is InChI=1S/C30H27NO5/c1-18(2)21-15-9-10-19(3)26(21)31-29(34)27(33)25(24(32)17-16-20-11-5-4-6-12-20)28-22-13-7-8-14-23(22)30(35)36-28/h4-18,25,28H,1-3H3,(H,31,34). The second kappa shape index (κ2) is 10.5. The minimum Gasteiger partial charge on any atom is -0.453 e. The maximum atomic E-state index is 13.5. The molecule has 1 amide bonds. The van der Waals surface area contributed by atoms with Crippen LogP contribution in [0.15, 0.2) is 78.9 Å². The van der Waals surface area contributed by atoms with Crippen molar-refractivity contribution in [2.75, 3.05) is 5.32 Å². The summed E-state index contributed by atoms with van der Waals surface area (Å²) in [7, 11) is 0. The number of allylic oxidation sites excluding steroid dienone is 1. The molecular weight excluding hydrogens is 454 g/mol. The summed E-state index contributed by atoms with van der Waals surface area (Å²) >= 11 is 0. The molecule has 0 aromatic heterocycles. The summed E-state index contributed by atoms with van der Waals surface area (Å²) in [6.07, 6.45) is 1.63. The van der Waals surface area contributed by atoms with E-state index in [9.17, 15) is 19.2 Å². The van der Waals surface area contributed by atoms with Crippen molar-refractivity contribution in [3.63, 3.8) is 0 Å². The van der Waals surface area contributed by atoms with Crippen molar-refractivity contribution in [1.82, 2.24) is 0 Å². The molecule has 0 fully saturated rings. The highest BCUT2D eigenvalue weighted by Gasteiger charge is 2.45. The normalized spacial score (nSPS) is 15.4. The molecule has 1 N–H and O–H groups in total. The number of ether oxygens (including phenoxy) is 1. The average Bonchev–Trinajstić information content (AvgIpc) is 3.20. The van der Waals surface area contributed by atoms with E-state index in [1.165, 1.54) is 6.08 Å². The van der Waals surface area contributed by atoms with Gasteiger partial charge in [-0.05, 0) is 41.7 Å². The smallest absolute Gasteiger partial charge is 0.339 e. The molecule has 2 atom stereocenters. The van der Waals surface area contributed by atoms with Crippen LogP contribution in [0.4, 0.5) is 5.69 Å². The highest BCUT2D eigenvalue weighted by atomic mass is 16.5. The zero-order chi connectivity index (χ0) is 25.8. The van der Waals surface area contributed by atoms with Gasteiger partial charge in [0.15, 0.2) is 5.78 Å². The Hall–Kier alpha value is -4.32. The van der Waals surface area contributed by atoms with Crippen LogP contribution >= 0.6 is 0 Å². The number of para-hydroxylation sites is 1. The molecule has 36 heavy (non-hydrogen) atoms. The Labute approximate surface area is 210 Å². The summed E-state index contributed by atoms with van der Waals surface area (Å²) in [6, 6.07) is 21.3. The van der Waals surface area contributed by atoms with Gasteiger partial charge >= 0.3 is 5.97 Å². The molecule has 0 aliphatic carbocycles. The number of nitrogens with one attached hydrogen (secondary N) is 1. The number of benzene rings is 3. The van der Waals surface area contributed by atoms with E-state index >= 15 is 0 Å². The van der Waals surface area contributed by atoms with Crippen LogP contribution in [-0.2, 0) is 19.1 Å². The molecule has 6 heteroatoms. The molecule has 0 bridgehead atoms. The first kappa shape index (κ1) is 24.8. The third kappa shape index (κ3) is 5.03. The summed E-state index contributed by atoms with van der Waals surface area (Å²) in [5, 5.41) is 2.72. The van der Waals surface area contributed by atoms with E-state index in [0.717, 1.165) is 16.7 Å². The van der Waals surface area contributed by atoms with Crippen molar-refractivity contribution in [1.29, 1.82) is 0 Å². The van der Waals surface area contributed by atoms with Gasteiger partial charge in [0.25, 0.3) is 5.91 Å². The number of esters is 1. The molecule has 6 nitrogen and oxygen atoms in total. The summed E-state index contributed by atoms with van der Waals surface area (Å²) < 4.78 is 5.48. The maximum Gasteiger partial charge on any atom is 0.339 e. The van der Waals surface area contributed by atoms with Crippen molar-refractivity contribution in [3.8, 4) is 0 Å². The molecule has 1 heterocycles. The molecule has 3 aromatic rings. The van der Waals surface area contributed by atoms with Gasteiger partial charge < -0.3 is 10.1 Å². The molecule has 4 rings (SSSR count). The fourth-order valence-corrected chi connectivity index (χ4v) is 4.34. The lowest BCUT2D eigenvalue weighted by Gasteiger charge is -2.21. The van der Waals surface area contributed by atoms with E-state index in [0.29, 0.717) is 11.3 Å². The van der Waals surface area contributed by atoms with Crippen LogP contribution in [0.3, 0.4) is 0 Å². The molecule has 0 spiro atoms. The van der Waals surface area contributed by atoms with E-state index in [4.69, 9.17) is 4.74 Å². The van der Waals surface area contributed by atoms with Gasteiger partial charge in [-0.25, -0.2) is 4.79 Å². The molecule has 0 saturated carbocycles.